The largest absolute Gasteiger partial charge is 0.406 e. The topological polar surface area (TPSA) is 47.4 Å². The van der Waals surface area contributed by atoms with E-state index in [0.717, 1.165) is 21.5 Å². The summed E-state index contributed by atoms with van der Waals surface area (Å²) in [6.07, 6.45) is 0.398. The number of benzene rings is 2. The number of fused-ring (bicyclic) bond motifs is 9. The quantitative estimate of drug-likeness (QED) is 0.315. The summed E-state index contributed by atoms with van der Waals surface area (Å²) >= 11 is 6.63. The standard InChI is InChI=1S/C27H30ClN3O2Si/c1-27(2,3)34(5,6)33-14-8-9-17-12-13-20-21(15-17)31-22-16-23(25(31)29-20)30(4)26(32)18-10-7-11-19(28)24(18)22/h7,10-13,15,22-23H,14,16H2,1-6H3/t22-,23-/m1/s1/i4D3. The van der Waals surface area contributed by atoms with Crippen molar-refractivity contribution in [2.24, 2.45) is 0 Å². The van der Waals surface area contributed by atoms with Crippen LogP contribution in [0.3, 0.4) is 0 Å². The maximum Gasteiger partial charge on any atom is 0.254 e. The van der Waals surface area contributed by atoms with Crippen molar-refractivity contribution in [3.8, 4) is 11.8 Å². The molecule has 2 aliphatic rings. The molecule has 0 saturated heterocycles. The average molecular weight is 495 g/mol. The second-order valence-corrected chi connectivity index (χ2v) is 15.8. The fraction of sp³-hybridized carbons (Fsp3) is 0.407. The van der Waals surface area contributed by atoms with Crippen molar-refractivity contribution in [1.82, 2.24) is 14.5 Å². The summed E-state index contributed by atoms with van der Waals surface area (Å²) in [5.41, 5.74) is 3.34. The van der Waals surface area contributed by atoms with E-state index in [0.29, 0.717) is 35.0 Å². The Hall–Kier alpha value is -2.59. The predicted octanol–water partition coefficient (Wildman–Crippen LogP) is 6.18. The Labute approximate surface area is 211 Å². The van der Waals surface area contributed by atoms with Crippen molar-refractivity contribution in [3.05, 3.63) is 63.9 Å². The molecule has 0 unspecified atom stereocenters. The van der Waals surface area contributed by atoms with Gasteiger partial charge in [-0.05, 0) is 48.5 Å². The number of nitrogens with zero attached hydrogens (tertiary/aromatic N) is 3. The highest BCUT2D eigenvalue weighted by molar-refractivity contribution is 6.74. The van der Waals surface area contributed by atoms with Gasteiger partial charge in [0.05, 0.1) is 29.7 Å². The van der Waals surface area contributed by atoms with Crippen molar-refractivity contribution in [1.29, 1.82) is 0 Å². The molecule has 0 N–H and O–H groups in total. The van der Waals surface area contributed by atoms with Gasteiger partial charge in [-0.2, -0.15) is 0 Å². The van der Waals surface area contributed by atoms with Crippen LogP contribution in [-0.4, -0.2) is 42.3 Å². The molecule has 3 heterocycles. The number of hydrogen-bond acceptors (Lipinski definition) is 3. The molecule has 2 aromatic carbocycles. The summed E-state index contributed by atoms with van der Waals surface area (Å²) in [5, 5.41) is 0.555. The summed E-state index contributed by atoms with van der Waals surface area (Å²) in [7, 11) is -1.88. The Morgan fingerprint density at radius 1 is 1.26 bits per heavy atom. The van der Waals surface area contributed by atoms with Crippen molar-refractivity contribution in [2.75, 3.05) is 13.6 Å². The molecule has 2 bridgehead atoms. The molecule has 0 radical (unpaired) electrons. The van der Waals surface area contributed by atoms with Gasteiger partial charge in [0.1, 0.15) is 5.82 Å². The Morgan fingerprint density at radius 2 is 2.06 bits per heavy atom. The smallest absolute Gasteiger partial charge is 0.254 e. The number of hydrogen-bond donors (Lipinski definition) is 0. The minimum atomic E-state index is -2.62. The van der Waals surface area contributed by atoms with E-state index in [4.69, 9.17) is 25.1 Å². The molecule has 2 aliphatic heterocycles. The van der Waals surface area contributed by atoms with Crippen LogP contribution in [0.1, 0.15) is 70.7 Å². The van der Waals surface area contributed by atoms with Gasteiger partial charge < -0.3 is 13.9 Å². The first-order chi connectivity index (χ1) is 17.2. The van der Waals surface area contributed by atoms with Gasteiger partial charge in [0, 0.05) is 39.2 Å². The van der Waals surface area contributed by atoms with Crippen LogP contribution in [0.25, 0.3) is 11.0 Å². The molecular weight excluding hydrogens is 462 g/mol. The zero-order chi connectivity index (χ0) is 26.9. The van der Waals surface area contributed by atoms with E-state index in [1.165, 1.54) is 0 Å². The lowest BCUT2D eigenvalue weighted by Crippen LogP contribution is -2.40. The number of imidazole rings is 1. The van der Waals surface area contributed by atoms with Crippen molar-refractivity contribution >= 4 is 36.9 Å². The van der Waals surface area contributed by atoms with Gasteiger partial charge in [-0.25, -0.2) is 4.98 Å². The van der Waals surface area contributed by atoms with Crippen molar-refractivity contribution in [2.45, 2.75) is 57.4 Å². The number of halogens is 1. The van der Waals surface area contributed by atoms with Crippen molar-refractivity contribution < 1.29 is 13.3 Å². The molecule has 176 valence electrons. The minimum absolute atomic E-state index is 0.115. The summed E-state index contributed by atoms with van der Waals surface area (Å²) in [4.78, 5) is 19.2. The molecule has 5 nitrogen and oxygen atoms in total. The molecule has 0 fully saturated rings. The van der Waals surface area contributed by atoms with E-state index in [1.54, 1.807) is 18.2 Å². The van der Waals surface area contributed by atoms with Gasteiger partial charge >= 0.3 is 0 Å². The fourth-order valence-corrected chi connectivity index (χ4v) is 5.71. The van der Waals surface area contributed by atoms with Crippen LogP contribution < -0.4 is 0 Å². The molecule has 5 rings (SSSR count). The second-order valence-electron chi connectivity index (χ2n) is 10.5. The molecule has 34 heavy (non-hydrogen) atoms. The van der Waals surface area contributed by atoms with E-state index >= 15 is 0 Å². The van der Waals surface area contributed by atoms with E-state index in [2.05, 4.69) is 45.7 Å². The number of carbonyl (C=O) groups excluding carboxylic acids is 1. The number of aromatic nitrogens is 2. The minimum Gasteiger partial charge on any atom is -0.406 e. The van der Waals surface area contributed by atoms with E-state index in [1.807, 2.05) is 22.8 Å². The van der Waals surface area contributed by atoms with E-state index in [9.17, 15) is 4.79 Å². The summed E-state index contributed by atoms with van der Waals surface area (Å²) in [5.74, 6) is 6.37. The normalized spacial score (nSPS) is 21.2. The zero-order valence-electron chi connectivity index (χ0n) is 23.1. The highest BCUT2D eigenvalue weighted by Crippen LogP contribution is 2.49. The van der Waals surface area contributed by atoms with E-state index in [-0.39, 0.29) is 11.1 Å². The SMILES string of the molecule is [2H]C([2H])([2H])N1C(=O)c2cccc(Cl)c2[C@H]2C[C@@H]1c1nc3ccc(C#CCO[Si](C)(C)C(C)(C)C)cc3n12. The van der Waals surface area contributed by atoms with Gasteiger partial charge in [-0.3, -0.25) is 4.79 Å². The number of carbonyl (C=O) groups is 1. The lowest BCUT2D eigenvalue weighted by molar-refractivity contribution is 0.0734. The maximum atomic E-state index is 13.4. The predicted molar refractivity (Wildman–Crippen MR) is 139 cm³/mol. The molecule has 7 heteroatoms. The van der Waals surface area contributed by atoms with Crippen LogP contribution >= 0.6 is 11.6 Å². The molecule has 0 spiro atoms. The second kappa shape index (κ2) is 7.98. The van der Waals surface area contributed by atoms with Gasteiger partial charge in [0.2, 0.25) is 0 Å². The monoisotopic (exact) mass is 494 g/mol. The van der Waals surface area contributed by atoms with Gasteiger partial charge in [-0.15, -0.1) is 0 Å². The molecule has 2 atom stereocenters. The van der Waals surface area contributed by atoms with Crippen LogP contribution in [0.15, 0.2) is 36.4 Å². The fourth-order valence-electron chi connectivity index (χ4n) is 4.55. The number of amides is 1. The average Bonchev–Trinajstić information content (AvgIpc) is 3.28. The highest BCUT2D eigenvalue weighted by atomic mass is 35.5. The first-order valence-electron chi connectivity index (χ1n) is 13.0. The molecular formula is C27H30ClN3O2Si. The summed E-state index contributed by atoms with van der Waals surface area (Å²) in [6, 6.07) is 9.85. The van der Waals surface area contributed by atoms with Gasteiger partial charge in [-0.1, -0.05) is 50.3 Å². The third-order valence-corrected chi connectivity index (χ3v) is 12.3. The van der Waals surface area contributed by atoms with Crippen LogP contribution in [0.5, 0.6) is 0 Å². The Balaban J connectivity index is 1.58. The van der Waals surface area contributed by atoms with Crippen LogP contribution in [-0.2, 0) is 4.43 Å². The Kier molecular flexibility index (Phi) is 4.62. The van der Waals surface area contributed by atoms with Crippen LogP contribution in [0.4, 0.5) is 0 Å². The first kappa shape index (κ1) is 19.7. The first-order valence-corrected chi connectivity index (χ1v) is 14.8. The molecule has 0 aliphatic carbocycles. The van der Waals surface area contributed by atoms with Crippen LogP contribution in [0, 0.1) is 11.8 Å². The third kappa shape index (κ3) is 3.58. The number of rotatable bonds is 2. The molecule has 1 amide bonds. The van der Waals surface area contributed by atoms with Gasteiger partial charge in [0.15, 0.2) is 8.32 Å². The lowest BCUT2D eigenvalue weighted by Gasteiger charge is -2.35. The van der Waals surface area contributed by atoms with E-state index < -0.39 is 27.2 Å². The molecule has 3 aromatic rings. The summed E-state index contributed by atoms with van der Waals surface area (Å²) in [6.45, 7) is 8.74. The lowest BCUT2D eigenvalue weighted by atomic mass is 9.99. The highest BCUT2D eigenvalue weighted by Gasteiger charge is 2.44. The zero-order valence-corrected chi connectivity index (χ0v) is 21.8. The Morgan fingerprint density at radius 3 is 2.79 bits per heavy atom. The van der Waals surface area contributed by atoms with Gasteiger partial charge in [0.25, 0.3) is 5.91 Å². The molecule has 1 aromatic heterocycles. The third-order valence-electron chi connectivity index (χ3n) is 7.46. The summed E-state index contributed by atoms with van der Waals surface area (Å²) < 4.78 is 32.6. The van der Waals surface area contributed by atoms with Crippen molar-refractivity contribution in [3.63, 3.8) is 0 Å². The van der Waals surface area contributed by atoms with Crippen LogP contribution in [0.2, 0.25) is 23.2 Å². The Bertz CT molecular complexity index is 1480. The molecule has 0 saturated carbocycles. The maximum absolute atomic E-state index is 13.4.